The van der Waals surface area contributed by atoms with E-state index in [2.05, 4.69) is 20.0 Å². The molecule has 0 aliphatic rings. The van der Waals surface area contributed by atoms with Crippen molar-refractivity contribution in [3.63, 3.8) is 0 Å². The Balaban J connectivity index is 1.89. The number of esters is 1. The van der Waals surface area contributed by atoms with Crippen LogP contribution in [0.4, 0.5) is 14.5 Å². The third kappa shape index (κ3) is 6.76. The molecule has 0 aliphatic carbocycles. The van der Waals surface area contributed by atoms with Crippen LogP contribution in [-0.4, -0.2) is 40.3 Å². The molecule has 1 aromatic carbocycles. The summed E-state index contributed by atoms with van der Waals surface area (Å²) in [6, 6.07) is 7.54. The van der Waals surface area contributed by atoms with Crippen molar-refractivity contribution in [2.75, 3.05) is 11.1 Å². The molecular formula is C18H19F2N3O4S. The molecule has 1 amide bonds. The molecule has 0 spiro atoms. The molecule has 2 rings (SSSR count). The number of anilines is 1. The minimum Gasteiger partial charge on any atom is -0.452 e. The number of carbonyl (C=O) groups excluding carboxylic acids is 2. The first kappa shape index (κ1) is 21.5. The highest BCUT2D eigenvalue weighted by Gasteiger charge is 2.20. The molecule has 0 fully saturated rings. The number of halogens is 2. The molecular weight excluding hydrogens is 392 g/mol. The van der Waals surface area contributed by atoms with Gasteiger partial charge in [-0.25, -0.2) is 9.97 Å². The Bertz CT molecular complexity index is 831. The van der Waals surface area contributed by atoms with E-state index in [1.165, 1.54) is 25.1 Å². The molecule has 0 saturated heterocycles. The van der Waals surface area contributed by atoms with Gasteiger partial charge in [-0.1, -0.05) is 23.9 Å². The summed E-state index contributed by atoms with van der Waals surface area (Å²) >= 11 is 1.09. The molecule has 1 aromatic heterocycles. The highest BCUT2D eigenvalue weighted by atomic mass is 32.2. The number of aromatic nitrogens is 2. The van der Waals surface area contributed by atoms with Crippen molar-refractivity contribution in [2.24, 2.45) is 0 Å². The quantitative estimate of drug-likeness (QED) is 0.405. The standard InChI is InChI=1S/C18H19F2N3O4S/c1-10-8-11(2)22-18(21-10)28-9-15(24)26-12(3)16(25)23-13-6-4-5-7-14(13)27-17(19)20/h4-8,12,17H,9H2,1-3H3,(H,23,25)/t12-/m0/s1. The van der Waals surface area contributed by atoms with Crippen molar-refractivity contribution < 1.29 is 27.8 Å². The first-order valence-electron chi connectivity index (χ1n) is 8.24. The number of amides is 1. The van der Waals surface area contributed by atoms with Crippen molar-refractivity contribution in [3.8, 4) is 5.75 Å². The van der Waals surface area contributed by atoms with Gasteiger partial charge < -0.3 is 14.8 Å². The number of alkyl halides is 2. The number of nitrogens with one attached hydrogen (secondary N) is 1. The van der Waals surface area contributed by atoms with Crippen LogP contribution < -0.4 is 10.1 Å². The smallest absolute Gasteiger partial charge is 0.387 e. The fourth-order valence-electron chi connectivity index (χ4n) is 2.17. The Morgan fingerprint density at radius 2 is 1.82 bits per heavy atom. The summed E-state index contributed by atoms with van der Waals surface area (Å²) in [5.74, 6) is -1.57. The second-order valence-corrected chi connectivity index (χ2v) is 6.66. The number of rotatable bonds is 8. The minimum atomic E-state index is -3.03. The van der Waals surface area contributed by atoms with Crippen LogP contribution in [0, 0.1) is 13.8 Å². The topological polar surface area (TPSA) is 90.4 Å². The van der Waals surface area contributed by atoms with Gasteiger partial charge in [0, 0.05) is 11.4 Å². The van der Waals surface area contributed by atoms with E-state index >= 15 is 0 Å². The Morgan fingerprint density at radius 3 is 2.46 bits per heavy atom. The number of carbonyl (C=O) groups is 2. The van der Waals surface area contributed by atoms with E-state index in [1.54, 1.807) is 6.07 Å². The normalized spacial score (nSPS) is 11.8. The molecule has 150 valence electrons. The van der Waals surface area contributed by atoms with Gasteiger partial charge in [0.05, 0.1) is 11.4 Å². The summed E-state index contributed by atoms with van der Waals surface area (Å²) < 4.78 is 34.3. The molecule has 10 heteroatoms. The molecule has 2 aromatic rings. The van der Waals surface area contributed by atoms with Crippen LogP contribution in [-0.2, 0) is 14.3 Å². The number of aryl methyl sites for hydroxylation is 2. The summed E-state index contributed by atoms with van der Waals surface area (Å²) in [5, 5.41) is 2.84. The number of para-hydroxylation sites is 2. The molecule has 0 bridgehead atoms. The molecule has 0 aliphatic heterocycles. The summed E-state index contributed by atoms with van der Waals surface area (Å²) in [6.07, 6.45) is -1.13. The second kappa shape index (κ2) is 9.98. The van der Waals surface area contributed by atoms with Crippen molar-refractivity contribution in [2.45, 2.75) is 38.6 Å². The average molecular weight is 411 g/mol. The molecule has 7 nitrogen and oxygen atoms in total. The highest BCUT2D eigenvalue weighted by molar-refractivity contribution is 7.99. The Kier molecular flexibility index (Phi) is 7.68. The van der Waals surface area contributed by atoms with E-state index < -0.39 is 24.6 Å². The van der Waals surface area contributed by atoms with Crippen molar-refractivity contribution in [1.82, 2.24) is 9.97 Å². The predicted molar refractivity (Wildman–Crippen MR) is 99.5 cm³/mol. The third-order valence-electron chi connectivity index (χ3n) is 3.32. The highest BCUT2D eigenvalue weighted by Crippen LogP contribution is 2.25. The van der Waals surface area contributed by atoms with Gasteiger partial charge in [-0.15, -0.1) is 0 Å². The lowest BCUT2D eigenvalue weighted by Gasteiger charge is -2.15. The molecule has 1 atom stereocenters. The Hall–Kier alpha value is -2.75. The number of ether oxygens (including phenoxy) is 2. The van der Waals surface area contributed by atoms with Crippen LogP contribution >= 0.6 is 11.8 Å². The van der Waals surface area contributed by atoms with Gasteiger partial charge in [0.2, 0.25) is 0 Å². The number of benzene rings is 1. The zero-order valence-electron chi connectivity index (χ0n) is 15.4. The van der Waals surface area contributed by atoms with Crippen LogP contribution in [0.1, 0.15) is 18.3 Å². The lowest BCUT2D eigenvalue weighted by molar-refractivity contribution is -0.150. The fourth-order valence-corrected chi connectivity index (χ4v) is 2.90. The van der Waals surface area contributed by atoms with Gasteiger partial charge in [-0.3, -0.25) is 9.59 Å². The zero-order valence-corrected chi connectivity index (χ0v) is 16.3. The van der Waals surface area contributed by atoms with E-state index in [0.717, 1.165) is 23.1 Å². The number of thioether (sulfide) groups is 1. The lowest BCUT2D eigenvalue weighted by atomic mass is 10.2. The third-order valence-corrected chi connectivity index (χ3v) is 4.14. The van der Waals surface area contributed by atoms with Crippen molar-refractivity contribution in [3.05, 3.63) is 41.7 Å². The van der Waals surface area contributed by atoms with E-state index in [9.17, 15) is 18.4 Å². The van der Waals surface area contributed by atoms with Gasteiger partial charge in [0.15, 0.2) is 11.3 Å². The molecule has 1 N–H and O–H groups in total. The lowest BCUT2D eigenvalue weighted by Crippen LogP contribution is -2.30. The molecule has 0 radical (unpaired) electrons. The predicted octanol–water partition coefficient (Wildman–Crippen LogP) is 3.36. The van der Waals surface area contributed by atoms with Gasteiger partial charge in [-0.2, -0.15) is 8.78 Å². The van der Waals surface area contributed by atoms with Crippen molar-refractivity contribution >= 4 is 29.3 Å². The van der Waals surface area contributed by atoms with Crippen LogP contribution in [0.3, 0.4) is 0 Å². The second-order valence-electron chi connectivity index (χ2n) is 5.72. The molecule has 28 heavy (non-hydrogen) atoms. The van der Waals surface area contributed by atoms with Crippen LogP contribution in [0.15, 0.2) is 35.5 Å². The maximum Gasteiger partial charge on any atom is 0.387 e. The minimum absolute atomic E-state index is 0.0497. The first-order valence-corrected chi connectivity index (χ1v) is 9.22. The summed E-state index contributed by atoms with van der Waals surface area (Å²) in [7, 11) is 0. The summed E-state index contributed by atoms with van der Waals surface area (Å²) in [4.78, 5) is 32.5. The van der Waals surface area contributed by atoms with Gasteiger partial charge in [-0.05, 0) is 39.0 Å². The maximum absolute atomic E-state index is 12.4. The number of hydrogen-bond acceptors (Lipinski definition) is 7. The molecule has 0 unspecified atom stereocenters. The van der Waals surface area contributed by atoms with Gasteiger partial charge in [0.1, 0.15) is 5.75 Å². The Labute approximate surface area is 164 Å². The zero-order chi connectivity index (χ0) is 20.7. The SMILES string of the molecule is Cc1cc(C)nc(SCC(=O)O[C@@H](C)C(=O)Nc2ccccc2OC(F)F)n1. The van der Waals surface area contributed by atoms with Crippen LogP contribution in [0.25, 0.3) is 0 Å². The first-order chi connectivity index (χ1) is 13.2. The Morgan fingerprint density at radius 1 is 1.18 bits per heavy atom. The van der Waals surface area contributed by atoms with Crippen molar-refractivity contribution in [1.29, 1.82) is 0 Å². The summed E-state index contributed by atoms with van der Waals surface area (Å²) in [6.45, 7) is 1.98. The monoisotopic (exact) mass is 411 g/mol. The number of hydrogen-bond donors (Lipinski definition) is 1. The fraction of sp³-hybridized carbons (Fsp3) is 0.333. The van der Waals surface area contributed by atoms with E-state index in [-0.39, 0.29) is 17.2 Å². The van der Waals surface area contributed by atoms with E-state index in [1.807, 2.05) is 19.9 Å². The van der Waals surface area contributed by atoms with Gasteiger partial charge in [0.25, 0.3) is 5.91 Å². The average Bonchev–Trinajstić information content (AvgIpc) is 2.60. The van der Waals surface area contributed by atoms with Crippen LogP contribution in [0.5, 0.6) is 5.75 Å². The summed E-state index contributed by atoms with van der Waals surface area (Å²) in [5.41, 5.74) is 1.61. The molecule has 0 saturated carbocycles. The van der Waals surface area contributed by atoms with E-state index in [4.69, 9.17) is 4.74 Å². The van der Waals surface area contributed by atoms with Gasteiger partial charge >= 0.3 is 12.6 Å². The van der Waals surface area contributed by atoms with E-state index in [0.29, 0.717) is 5.16 Å². The number of nitrogens with zero attached hydrogens (tertiary/aromatic N) is 2. The largest absolute Gasteiger partial charge is 0.452 e. The van der Waals surface area contributed by atoms with Crippen LogP contribution in [0.2, 0.25) is 0 Å². The maximum atomic E-state index is 12.4. The molecule has 1 heterocycles.